The molecule has 4 aromatic rings. The molecule has 0 nitrogen and oxygen atoms in total. The molecule has 2 heteroatoms. The largest absolute Gasteiger partial charge is 0.204 e. The maximum atomic E-state index is 13.6. The molecular formula is C31H28F2. The zero-order valence-corrected chi connectivity index (χ0v) is 19.0. The Hall–Kier alpha value is -3.44. The molecule has 0 saturated carbocycles. The Labute approximate surface area is 195 Å². The number of unbranched alkanes of at least 4 members (excludes halogenated alkanes) is 4. The van der Waals surface area contributed by atoms with Gasteiger partial charge in [-0.1, -0.05) is 80.8 Å². The van der Waals surface area contributed by atoms with Gasteiger partial charge in [0.2, 0.25) is 0 Å². The summed E-state index contributed by atoms with van der Waals surface area (Å²) in [4.78, 5) is 0. The molecule has 0 saturated heterocycles. The van der Waals surface area contributed by atoms with Gasteiger partial charge in [0.1, 0.15) is 0 Å². The maximum absolute atomic E-state index is 13.6. The highest BCUT2D eigenvalue weighted by Crippen LogP contribution is 2.26. The molecule has 0 atom stereocenters. The minimum atomic E-state index is -0.828. The second-order valence-electron chi connectivity index (χ2n) is 8.52. The minimum Gasteiger partial charge on any atom is -0.204 e. The van der Waals surface area contributed by atoms with E-state index in [9.17, 15) is 8.78 Å². The molecule has 0 spiro atoms. The van der Waals surface area contributed by atoms with E-state index >= 15 is 0 Å². The minimum absolute atomic E-state index is 0.680. The third-order valence-corrected chi connectivity index (χ3v) is 5.97. The van der Waals surface area contributed by atoms with Gasteiger partial charge in [-0.15, -0.1) is 0 Å². The van der Waals surface area contributed by atoms with Crippen molar-refractivity contribution in [2.75, 3.05) is 0 Å². The van der Waals surface area contributed by atoms with Crippen molar-refractivity contribution in [3.63, 3.8) is 0 Å². The van der Waals surface area contributed by atoms with Crippen molar-refractivity contribution in [3.05, 3.63) is 107 Å². The Kier molecular flexibility index (Phi) is 7.53. The van der Waals surface area contributed by atoms with Crippen LogP contribution in [0.15, 0.2) is 78.9 Å². The first-order valence-corrected chi connectivity index (χ1v) is 11.7. The standard InChI is InChI=1S/C31H28F2/c1-2-3-4-5-6-7-23-8-10-24(11-9-23)12-13-25-14-16-26(17-15-25)27-18-19-28-21-30(32)31(33)22-29(28)20-27/h8-11,14-22H,2-7H2,1H3. The molecule has 0 aromatic heterocycles. The van der Waals surface area contributed by atoms with Crippen LogP contribution in [0.3, 0.4) is 0 Å². The van der Waals surface area contributed by atoms with Gasteiger partial charge in [-0.25, -0.2) is 8.78 Å². The fourth-order valence-corrected chi connectivity index (χ4v) is 4.00. The van der Waals surface area contributed by atoms with Crippen LogP contribution in [0.2, 0.25) is 0 Å². The predicted octanol–water partition coefficient (Wildman–Crippen LogP) is 8.70. The van der Waals surface area contributed by atoms with Crippen LogP contribution < -0.4 is 0 Å². The van der Waals surface area contributed by atoms with Gasteiger partial charge in [0.05, 0.1) is 0 Å². The fraction of sp³-hybridized carbons (Fsp3) is 0.226. The molecule has 4 aromatic carbocycles. The zero-order valence-electron chi connectivity index (χ0n) is 19.0. The number of aryl methyl sites for hydroxylation is 1. The molecule has 0 aliphatic rings. The first-order valence-electron chi connectivity index (χ1n) is 11.7. The first kappa shape index (κ1) is 22.7. The van der Waals surface area contributed by atoms with E-state index in [1.807, 2.05) is 42.5 Å². The van der Waals surface area contributed by atoms with Crippen molar-refractivity contribution in [1.82, 2.24) is 0 Å². The molecule has 0 amide bonds. The number of hydrogen-bond acceptors (Lipinski definition) is 0. The van der Waals surface area contributed by atoms with E-state index in [2.05, 4.69) is 43.0 Å². The lowest BCUT2D eigenvalue weighted by Gasteiger charge is -2.05. The number of hydrogen-bond donors (Lipinski definition) is 0. The molecule has 0 bridgehead atoms. The van der Waals surface area contributed by atoms with Gasteiger partial charge < -0.3 is 0 Å². The van der Waals surface area contributed by atoms with Gasteiger partial charge in [0, 0.05) is 11.1 Å². The molecular weight excluding hydrogens is 410 g/mol. The van der Waals surface area contributed by atoms with Crippen LogP contribution in [0, 0.1) is 23.5 Å². The molecule has 0 fully saturated rings. The van der Waals surface area contributed by atoms with Crippen LogP contribution in [-0.2, 0) is 6.42 Å². The monoisotopic (exact) mass is 438 g/mol. The summed E-state index contributed by atoms with van der Waals surface area (Å²) in [6, 6.07) is 24.6. The normalized spacial score (nSPS) is 10.8. The van der Waals surface area contributed by atoms with Crippen LogP contribution in [0.5, 0.6) is 0 Å². The Morgan fingerprint density at radius 1 is 0.576 bits per heavy atom. The SMILES string of the molecule is CCCCCCCc1ccc(C#Cc2ccc(-c3ccc4cc(F)c(F)cc4c3)cc2)cc1. The Bertz CT molecular complexity index is 1270. The molecule has 0 aliphatic carbocycles. The van der Waals surface area contributed by atoms with Gasteiger partial charge in [-0.2, -0.15) is 0 Å². The molecule has 0 heterocycles. The molecule has 0 radical (unpaired) electrons. The topological polar surface area (TPSA) is 0 Å². The second kappa shape index (κ2) is 10.9. The average molecular weight is 439 g/mol. The van der Waals surface area contributed by atoms with Gasteiger partial charge in [0.15, 0.2) is 11.6 Å². The summed E-state index contributed by atoms with van der Waals surface area (Å²) in [5, 5.41) is 1.36. The number of benzene rings is 4. The van der Waals surface area contributed by atoms with E-state index in [0.717, 1.165) is 28.7 Å². The molecule has 0 N–H and O–H groups in total. The van der Waals surface area contributed by atoms with Crippen LogP contribution >= 0.6 is 0 Å². The second-order valence-corrected chi connectivity index (χ2v) is 8.52. The van der Waals surface area contributed by atoms with E-state index in [-0.39, 0.29) is 0 Å². The molecule has 4 rings (SSSR count). The average Bonchev–Trinajstić information content (AvgIpc) is 2.84. The third kappa shape index (κ3) is 6.08. The summed E-state index contributed by atoms with van der Waals surface area (Å²) >= 11 is 0. The van der Waals surface area contributed by atoms with E-state index in [4.69, 9.17) is 0 Å². The highest BCUT2D eigenvalue weighted by molar-refractivity contribution is 5.87. The van der Waals surface area contributed by atoms with Crippen molar-refractivity contribution in [2.45, 2.75) is 45.4 Å². The Balaban J connectivity index is 1.40. The lowest BCUT2D eigenvalue weighted by Crippen LogP contribution is -1.87. The lowest BCUT2D eigenvalue weighted by atomic mass is 10.00. The zero-order chi connectivity index (χ0) is 23.0. The number of rotatable bonds is 7. The molecule has 166 valence electrons. The van der Waals surface area contributed by atoms with Crippen LogP contribution in [0.1, 0.15) is 55.7 Å². The smallest absolute Gasteiger partial charge is 0.159 e. The van der Waals surface area contributed by atoms with Gasteiger partial charge >= 0.3 is 0 Å². The molecule has 0 unspecified atom stereocenters. The molecule has 33 heavy (non-hydrogen) atoms. The van der Waals surface area contributed by atoms with E-state index in [0.29, 0.717) is 10.8 Å². The van der Waals surface area contributed by atoms with E-state index in [1.54, 1.807) is 0 Å². The predicted molar refractivity (Wildman–Crippen MR) is 134 cm³/mol. The van der Waals surface area contributed by atoms with E-state index < -0.39 is 11.6 Å². The Morgan fingerprint density at radius 2 is 1.15 bits per heavy atom. The van der Waals surface area contributed by atoms with Crippen molar-refractivity contribution < 1.29 is 8.78 Å². The maximum Gasteiger partial charge on any atom is 0.159 e. The summed E-state index contributed by atoms with van der Waals surface area (Å²) in [6.07, 6.45) is 7.63. The van der Waals surface area contributed by atoms with Crippen LogP contribution in [0.4, 0.5) is 8.78 Å². The molecule has 0 aliphatic heterocycles. The summed E-state index contributed by atoms with van der Waals surface area (Å²) in [7, 11) is 0. The highest BCUT2D eigenvalue weighted by atomic mass is 19.2. The van der Waals surface area contributed by atoms with Crippen molar-refractivity contribution in [1.29, 1.82) is 0 Å². The summed E-state index contributed by atoms with van der Waals surface area (Å²) in [5.74, 6) is 4.82. The number of halogens is 2. The number of fused-ring (bicyclic) bond motifs is 1. The van der Waals surface area contributed by atoms with Gasteiger partial charge in [0.25, 0.3) is 0 Å². The summed E-state index contributed by atoms with van der Waals surface area (Å²) < 4.78 is 27.0. The van der Waals surface area contributed by atoms with Crippen molar-refractivity contribution in [3.8, 4) is 23.0 Å². The van der Waals surface area contributed by atoms with E-state index in [1.165, 1.54) is 49.8 Å². The third-order valence-electron chi connectivity index (χ3n) is 5.97. The van der Waals surface area contributed by atoms with Gasteiger partial charge in [-0.3, -0.25) is 0 Å². The summed E-state index contributed by atoms with van der Waals surface area (Å²) in [6.45, 7) is 2.24. The Morgan fingerprint density at radius 3 is 1.82 bits per heavy atom. The quantitative estimate of drug-likeness (QED) is 0.200. The van der Waals surface area contributed by atoms with Crippen LogP contribution in [0.25, 0.3) is 21.9 Å². The summed E-state index contributed by atoms with van der Waals surface area (Å²) in [5.41, 5.74) is 5.29. The van der Waals surface area contributed by atoms with Crippen molar-refractivity contribution in [2.24, 2.45) is 0 Å². The first-order chi connectivity index (χ1) is 16.1. The highest BCUT2D eigenvalue weighted by Gasteiger charge is 2.06. The fourth-order valence-electron chi connectivity index (χ4n) is 4.00. The lowest BCUT2D eigenvalue weighted by molar-refractivity contribution is 0.511. The van der Waals surface area contributed by atoms with Crippen LogP contribution in [-0.4, -0.2) is 0 Å². The van der Waals surface area contributed by atoms with Gasteiger partial charge in [-0.05, 0) is 82.8 Å². The van der Waals surface area contributed by atoms with Crippen molar-refractivity contribution >= 4 is 10.8 Å².